The van der Waals surface area contributed by atoms with Crippen LogP contribution in [0.15, 0.2) is 30.5 Å². The Labute approximate surface area is 153 Å². The number of sulfonamides is 1. The van der Waals surface area contributed by atoms with E-state index in [1.54, 1.807) is 10.9 Å². The van der Waals surface area contributed by atoms with Crippen molar-refractivity contribution in [3.05, 3.63) is 46.7 Å². The van der Waals surface area contributed by atoms with Crippen molar-refractivity contribution in [2.75, 3.05) is 19.3 Å². The van der Waals surface area contributed by atoms with E-state index < -0.39 is 10.0 Å². The van der Waals surface area contributed by atoms with Gasteiger partial charge in [0.25, 0.3) is 0 Å². The van der Waals surface area contributed by atoms with E-state index in [9.17, 15) is 8.42 Å². The molecule has 0 radical (unpaired) electrons. The molecule has 136 valence electrons. The highest BCUT2D eigenvalue weighted by Gasteiger charge is 2.22. The minimum Gasteiger partial charge on any atom is -0.298 e. The van der Waals surface area contributed by atoms with E-state index in [1.165, 1.54) is 11.8 Å². The molecule has 1 aliphatic rings. The van der Waals surface area contributed by atoms with E-state index in [4.69, 9.17) is 11.6 Å². The summed E-state index contributed by atoms with van der Waals surface area (Å²) >= 11 is 6.06. The molecule has 1 aliphatic heterocycles. The lowest BCUT2D eigenvalue weighted by atomic mass is 10.1. The van der Waals surface area contributed by atoms with Gasteiger partial charge in [-0.3, -0.25) is 4.90 Å². The second kappa shape index (κ2) is 7.45. The van der Waals surface area contributed by atoms with Gasteiger partial charge in [0.15, 0.2) is 0 Å². The van der Waals surface area contributed by atoms with Crippen molar-refractivity contribution in [1.82, 2.24) is 19.4 Å². The van der Waals surface area contributed by atoms with Crippen LogP contribution in [-0.4, -0.2) is 48.5 Å². The van der Waals surface area contributed by atoms with Gasteiger partial charge in [-0.1, -0.05) is 23.7 Å². The number of aryl methyl sites for hydroxylation is 1. The average Bonchev–Trinajstić information content (AvgIpc) is 2.86. The fourth-order valence-electron chi connectivity index (χ4n) is 3.18. The van der Waals surface area contributed by atoms with Crippen LogP contribution in [-0.2, 0) is 16.6 Å². The van der Waals surface area contributed by atoms with Crippen molar-refractivity contribution in [3.8, 4) is 5.69 Å². The second-order valence-electron chi connectivity index (χ2n) is 6.64. The number of benzene rings is 1. The highest BCUT2D eigenvalue weighted by molar-refractivity contribution is 7.88. The van der Waals surface area contributed by atoms with E-state index in [2.05, 4.69) is 26.9 Å². The summed E-state index contributed by atoms with van der Waals surface area (Å²) in [7, 11) is -3.16. The predicted octanol–water partition coefficient (Wildman–Crippen LogP) is 2.35. The summed E-state index contributed by atoms with van der Waals surface area (Å²) in [5.74, 6) is 0. The van der Waals surface area contributed by atoms with E-state index in [0.29, 0.717) is 5.02 Å². The molecule has 0 saturated carbocycles. The maximum Gasteiger partial charge on any atom is 0.208 e. The van der Waals surface area contributed by atoms with Gasteiger partial charge in [0.05, 0.1) is 22.7 Å². The normalized spacial score (nSPS) is 19.2. The molecule has 2 heterocycles. The molecule has 0 spiro atoms. The fraction of sp³-hybridized carbons (Fsp3) is 0.471. The highest BCUT2D eigenvalue weighted by Crippen LogP contribution is 2.18. The third kappa shape index (κ3) is 5.04. The van der Waals surface area contributed by atoms with Gasteiger partial charge in [-0.2, -0.15) is 5.10 Å². The first-order valence-electron chi connectivity index (χ1n) is 8.31. The van der Waals surface area contributed by atoms with Crippen LogP contribution in [0.4, 0.5) is 0 Å². The molecular formula is C17H23ClN4O2S. The third-order valence-corrected chi connectivity index (χ3v) is 5.46. The van der Waals surface area contributed by atoms with Crippen molar-refractivity contribution in [2.45, 2.75) is 32.4 Å². The summed E-state index contributed by atoms with van der Waals surface area (Å²) < 4.78 is 27.3. The standard InChI is InChI=1S/C17H23ClN4O2S/c1-13-17(18)12-22(19-13)16-7-5-14(6-8-16)10-21-9-3-4-15(11-21)20-25(2,23)24/h5-8,12,15,20H,3-4,9-11H2,1-2H3/t15-/m0/s1. The van der Waals surface area contributed by atoms with Gasteiger partial charge in [-0.15, -0.1) is 0 Å². The summed E-state index contributed by atoms with van der Waals surface area (Å²) in [5, 5.41) is 5.03. The fourth-order valence-corrected chi connectivity index (χ4v) is 4.11. The number of hydrogen-bond donors (Lipinski definition) is 1. The number of likely N-dealkylation sites (tertiary alicyclic amines) is 1. The van der Waals surface area contributed by atoms with Gasteiger partial charge in [0, 0.05) is 25.3 Å². The minimum absolute atomic E-state index is 0.00258. The Morgan fingerprint density at radius 1 is 1.32 bits per heavy atom. The summed E-state index contributed by atoms with van der Waals surface area (Å²) in [6, 6.07) is 8.20. The molecule has 0 unspecified atom stereocenters. The molecule has 8 heteroatoms. The van der Waals surface area contributed by atoms with Crippen LogP contribution in [0.1, 0.15) is 24.1 Å². The van der Waals surface area contributed by atoms with E-state index in [1.807, 2.05) is 19.1 Å². The number of hydrogen-bond acceptors (Lipinski definition) is 4. The van der Waals surface area contributed by atoms with Gasteiger partial charge in [-0.05, 0) is 44.0 Å². The van der Waals surface area contributed by atoms with Crippen molar-refractivity contribution >= 4 is 21.6 Å². The zero-order chi connectivity index (χ0) is 18.0. The summed E-state index contributed by atoms with van der Waals surface area (Å²) in [6.45, 7) is 4.41. The zero-order valence-corrected chi connectivity index (χ0v) is 16.0. The minimum atomic E-state index is -3.16. The van der Waals surface area contributed by atoms with Gasteiger partial charge in [-0.25, -0.2) is 17.8 Å². The molecule has 1 aromatic heterocycles. The molecule has 6 nitrogen and oxygen atoms in total. The lowest BCUT2D eigenvalue weighted by molar-refractivity contribution is 0.194. The quantitative estimate of drug-likeness (QED) is 0.861. The highest BCUT2D eigenvalue weighted by atomic mass is 35.5. The molecule has 1 fully saturated rings. The Morgan fingerprint density at radius 2 is 2.04 bits per heavy atom. The largest absolute Gasteiger partial charge is 0.298 e. The SMILES string of the molecule is Cc1nn(-c2ccc(CN3CCC[C@H](NS(C)(=O)=O)C3)cc2)cc1Cl. The Morgan fingerprint density at radius 3 is 2.64 bits per heavy atom. The number of aromatic nitrogens is 2. The smallest absolute Gasteiger partial charge is 0.208 e. The zero-order valence-electron chi connectivity index (χ0n) is 14.4. The van der Waals surface area contributed by atoms with E-state index in [-0.39, 0.29) is 6.04 Å². The molecule has 0 bridgehead atoms. The van der Waals surface area contributed by atoms with Gasteiger partial charge >= 0.3 is 0 Å². The number of piperidine rings is 1. The van der Waals surface area contributed by atoms with Crippen molar-refractivity contribution < 1.29 is 8.42 Å². The van der Waals surface area contributed by atoms with Crippen LogP contribution in [0.5, 0.6) is 0 Å². The third-order valence-electron chi connectivity index (χ3n) is 4.33. The maximum atomic E-state index is 11.4. The average molecular weight is 383 g/mol. The summed E-state index contributed by atoms with van der Waals surface area (Å²) in [5.41, 5.74) is 2.97. The lowest BCUT2D eigenvalue weighted by Crippen LogP contribution is -2.46. The van der Waals surface area contributed by atoms with Crippen molar-refractivity contribution in [2.24, 2.45) is 0 Å². The molecular weight excluding hydrogens is 360 g/mol. The molecule has 3 rings (SSSR count). The van der Waals surface area contributed by atoms with Crippen molar-refractivity contribution in [3.63, 3.8) is 0 Å². The Hall–Kier alpha value is -1.41. The maximum absolute atomic E-state index is 11.4. The first kappa shape index (κ1) is 18.4. The topological polar surface area (TPSA) is 67.2 Å². The number of halogens is 1. The Balaban J connectivity index is 1.63. The van der Waals surface area contributed by atoms with Gasteiger partial charge < -0.3 is 0 Å². The van der Waals surface area contributed by atoms with Gasteiger partial charge in [0.1, 0.15) is 0 Å². The first-order chi connectivity index (χ1) is 11.8. The molecule has 1 N–H and O–H groups in total. The summed E-state index contributed by atoms with van der Waals surface area (Å²) in [4.78, 5) is 2.29. The van der Waals surface area contributed by atoms with Crippen LogP contribution in [0.25, 0.3) is 5.69 Å². The monoisotopic (exact) mass is 382 g/mol. The van der Waals surface area contributed by atoms with E-state index >= 15 is 0 Å². The van der Waals surface area contributed by atoms with Crippen LogP contribution >= 0.6 is 11.6 Å². The number of rotatable bonds is 5. The molecule has 0 aliphatic carbocycles. The second-order valence-corrected chi connectivity index (χ2v) is 8.82. The molecule has 25 heavy (non-hydrogen) atoms. The predicted molar refractivity (Wildman–Crippen MR) is 99.6 cm³/mol. The van der Waals surface area contributed by atoms with Crippen molar-refractivity contribution in [1.29, 1.82) is 0 Å². The number of nitrogens with one attached hydrogen (secondary N) is 1. The molecule has 1 saturated heterocycles. The Bertz CT molecular complexity index is 813. The first-order valence-corrected chi connectivity index (χ1v) is 10.6. The molecule has 1 atom stereocenters. The van der Waals surface area contributed by atoms with E-state index in [0.717, 1.165) is 43.9 Å². The Kier molecular flexibility index (Phi) is 5.48. The van der Waals surface area contributed by atoms with Crippen LogP contribution in [0.2, 0.25) is 5.02 Å². The van der Waals surface area contributed by atoms with Crippen LogP contribution in [0, 0.1) is 6.92 Å². The van der Waals surface area contributed by atoms with Crippen LogP contribution < -0.4 is 4.72 Å². The molecule has 2 aromatic rings. The lowest BCUT2D eigenvalue weighted by Gasteiger charge is -2.32. The van der Waals surface area contributed by atoms with Crippen LogP contribution in [0.3, 0.4) is 0 Å². The number of nitrogens with zero attached hydrogens (tertiary/aromatic N) is 3. The summed E-state index contributed by atoms with van der Waals surface area (Å²) in [6.07, 6.45) is 4.91. The molecule has 1 aromatic carbocycles. The molecule has 0 amide bonds. The van der Waals surface area contributed by atoms with Gasteiger partial charge in [0.2, 0.25) is 10.0 Å².